The molecule has 0 spiro atoms. The summed E-state index contributed by atoms with van der Waals surface area (Å²) in [5.41, 5.74) is 0.401. The van der Waals surface area contributed by atoms with Gasteiger partial charge in [0.1, 0.15) is 5.82 Å². The van der Waals surface area contributed by atoms with E-state index in [1.165, 1.54) is 16.4 Å². The van der Waals surface area contributed by atoms with Crippen LogP contribution in [0.5, 0.6) is 0 Å². The molecule has 0 aromatic heterocycles. The van der Waals surface area contributed by atoms with Crippen molar-refractivity contribution in [3.63, 3.8) is 0 Å². The molecule has 3 nitrogen and oxygen atoms in total. The van der Waals surface area contributed by atoms with Gasteiger partial charge in [-0.25, -0.2) is 12.8 Å². The molecule has 0 radical (unpaired) electrons. The normalized spacial score (nSPS) is 15.5. The number of halogens is 1. The second-order valence-electron chi connectivity index (χ2n) is 4.85. The van der Waals surface area contributed by atoms with E-state index in [1.807, 2.05) is 0 Å². The zero-order chi connectivity index (χ0) is 14.0. The van der Waals surface area contributed by atoms with E-state index in [4.69, 9.17) is 6.42 Å². The lowest BCUT2D eigenvalue weighted by Crippen LogP contribution is -2.33. The molecule has 1 aromatic rings. The van der Waals surface area contributed by atoms with Crippen LogP contribution in [0.15, 0.2) is 23.1 Å². The minimum Gasteiger partial charge on any atom is -0.207 e. The van der Waals surface area contributed by atoms with Gasteiger partial charge in [0.05, 0.1) is 11.4 Å². The summed E-state index contributed by atoms with van der Waals surface area (Å²) in [5.74, 6) is 2.34. The van der Waals surface area contributed by atoms with Crippen LogP contribution in [0.4, 0.5) is 4.39 Å². The first-order valence-electron chi connectivity index (χ1n) is 6.15. The number of hydrogen-bond donors (Lipinski definition) is 0. The highest BCUT2D eigenvalue weighted by Gasteiger charge is 2.31. The molecule has 0 saturated heterocycles. The van der Waals surface area contributed by atoms with E-state index in [9.17, 15) is 12.8 Å². The molecule has 1 aromatic carbocycles. The second-order valence-corrected chi connectivity index (χ2v) is 6.76. The smallest absolute Gasteiger partial charge is 0.207 e. The summed E-state index contributed by atoms with van der Waals surface area (Å²) < 4.78 is 39.4. The molecule has 1 aliphatic carbocycles. The maximum Gasteiger partial charge on any atom is 0.244 e. The molecular formula is C14H16FNO2S. The van der Waals surface area contributed by atoms with Gasteiger partial charge in [0.15, 0.2) is 0 Å². The molecule has 5 heteroatoms. The predicted molar refractivity (Wildman–Crippen MR) is 71.5 cm³/mol. The Labute approximate surface area is 113 Å². The molecule has 2 rings (SSSR count). The minimum absolute atomic E-state index is 0.0512. The van der Waals surface area contributed by atoms with Crippen LogP contribution >= 0.6 is 0 Å². The fourth-order valence-electron chi connectivity index (χ4n) is 1.98. The van der Waals surface area contributed by atoms with Crippen molar-refractivity contribution in [1.82, 2.24) is 4.31 Å². The average molecular weight is 281 g/mol. The van der Waals surface area contributed by atoms with Crippen LogP contribution in [-0.4, -0.2) is 25.8 Å². The maximum absolute atomic E-state index is 13.1. The van der Waals surface area contributed by atoms with Gasteiger partial charge in [-0.2, -0.15) is 4.31 Å². The lowest BCUT2D eigenvalue weighted by atomic mass is 10.2. The van der Waals surface area contributed by atoms with Gasteiger partial charge in [-0.3, -0.25) is 0 Å². The molecular weight excluding hydrogens is 265 g/mol. The molecule has 1 aliphatic rings. The Bertz CT molecular complexity index is 615. The van der Waals surface area contributed by atoms with E-state index in [-0.39, 0.29) is 11.4 Å². The molecule has 1 saturated carbocycles. The third kappa shape index (κ3) is 3.14. The Morgan fingerprint density at radius 2 is 2.16 bits per heavy atom. The van der Waals surface area contributed by atoms with Gasteiger partial charge in [-0.15, -0.1) is 6.42 Å². The number of nitrogens with zero attached hydrogens (tertiary/aromatic N) is 1. The number of benzene rings is 1. The molecule has 0 unspecified atom stereocenters. The largest absolute Gasteiger partial charge is 0.244 e. The first-order valence-corrected chi connectivity index (χ1v) is 7.59. The minimum atomic E-state index is -3.64. The third-order valence-electron chi connectivity index (χ3n) is 3.18. The SMILES string of the molecule is C#CCN(CC1CC1)S(=O)(=O)c1ccc(F)cc1C. The molecule has 19 heavy (non-hydrogen) atoms. The van der Waals surface area contributed by atoms with Crippen molar-refractivity contribution in [1.29, 1.82) is 0 Å². The zero-order valence-electron chi connectivity index (χ0n) is 10.8. The molecule has 0 atom stereocenters. The van der Waals surface area contributed by atoms with E-state index in [0.29, 0.717) is 18.0 Å². The molecule has 0 N–H and O–H groups in total. The van der Waals surface area contributed by atoms with E-state index in [2.05, 4.69) is 5.92 Å². The highest BCUT2D eigenvalue weighted by molar-refractivity contribution is 7.89. The summed E-state index contributed by atoms with van der Waals surface area (Å²) in [5, 5.41) is 0. The van der Waals surface area contributed by atoms with Gasteiger partial charge in [-0.05, 0) is 49.4 Å². The van der Waals surface area contributed by atoms with Crippen LogP contribution in [0.1, 0.15) is 18.4 Å². The van der Waals surface area contributed by atoms with Crippen LogP contribution in [0.3, 0.4) is 0 Å². The lowest BCUT2D eigenvalue weighted by molar-refractivity contribution is 0.429. The summed E-state index contributed by atoms with van der Waals surface area (Å²) in [6.45, 7) is 2.08. The first kappa shape index (κ1) is 14.0. The van der Waals surface area contributed by atoms with E-state index >= 15 is 0 Å². The number of hydrogen-bond acceptors (Lipinski definition) is 2. The third-order valence-corrected chi connectivity index (χ3v) is 5.15. The zero-order valence-corrected chi connectivity index (χ0v) is 11.6. The number of rotatable bonds is 5. The van der Waals surface area contributed by atoms with Gasteiger partial charge in [-0.1, -0.05) is 5.92 Å². The maximum atomic E-state index is 13.1. The molecule has 0 aliphatic heterocycles. The topological polar surface area (TPSA) is 37.4 Å². The van der Waals surface area contributed by atoms with Crippen molar-refractivity contribution in [2.75, 3.05) is 13.1 Å². The number of sulfonamides is 1. The summed E-state index contributed by atoms with van der Waals surface area (Å²) >= 11 is 0. The molecule has 102 valence electrons. The Morgan fingerprint density at radius 3 is 2.68 bits per heavy atom. The Hall–Kier alpha value is -1.38. The summed E-state index contributed by atoms with van der Waals surface area (Å²) in [7, 11) is -3.64. The second kappa shape index (κ2) is 5.32. The van der Waals surface area contributed by atoms with Crippen LogP contribution in [0, 0.1) is 31.0 Å². The fraction of sp³-hybridized carbons (Fsp3) is 0.429. The Morgan fingerprint density at radius 1 is 1.47 bits per heavy atom. The highest BCUT2D eigenvalue weighted by atomic mass is 32.2. The van der Waals surface area contributed by atoms with E-state index in [0.717, 1.165) is 18.9 Å². The fourth-order valence-corrected chi connectivity index (χ4v) is 3.61. The summed E-state index contributed by atoms with van der Waals surface area (Å²) in [6, 6.07) is 3.68. The van der Waals surface area contributed by atoms with Gasteiger partial charge in [0.25, 0.3) is 0 Å². The Balaban J connectivity index is 2.35. The first-order chi connectivity index (χ1) is 8.95. The summed E-state index contributed by atoms with van der Waals surface area (Å²) in [4.78, 5) is 0.129. The monoisotopic (exact) mass is 281 g/mol. The highest BCUT2D eigenvalue weighted by Crippen LogP contribution is 2.32. The van der Waals surface area contributed by atoms with Crippen LogP contribution in [-0.2, 0) is 10.0 Å². The Kier molecular flexibility index (Phi) is 3.93. The van der Waals surface area contributed by atoms with E-state index < -0.39 is 15.8 Å². The van der Waals surface area contributed by atoms with Gasteiger partial charge < -0.3 is 0 Å². The van der Waals surface area contributed by atoms with Crippen molar-refractivity contribution in [2.45, 2.75) is 24.7 Å². The van der Waals surface area contributed by atoms with Gasteiger partial charge in [0.2, 0.25) is 10.0 Å². The summed E-state index contributed by atoms with van der Waals surface area (Å²) in [6.07, 6.45) is 7.33. The molecule has 1 fully saturated rings. The van der Waals surface area contributed by atoms with Crippen molar-refractivity contribution in [3.05, 3.63) is 29.6 Å². The van der Waals surface area contributed by atoms with Crippen molar-refractivity contribution in [2.24, 2.45) is 5.92 Å². The van der Waals surface area contributed by atoms with Gasteiger partial charge >= 0.3 is 0 Å². The van der Waals surface area contributed by atoms with E-state index in [1.54, 1.807) is 6.92 Å². The number of terminal acetylenes is 1. The number of aryl methyl sites for hydroxylation is 1. The van der Waals surface area contributed by atoms with Crippen LogP contribution in [0.2, 0.25) is 0 Å². The quantitative estimate of drug-likeness (QED) is 0.776. The van der Waals surface area contributed by atoms with Crippen LogP contribution in [0.25, 0.3) is 0 Å². The van der Waals surface area contributed by atoms with Crippen molar-refractivity contribution < 1.29 is 12.8 Å². The standard InChI is InChI=1S/C14H16FNO2S/c1-3-8-16(10-12-4-5-12)19(17,18)14-7-6-13(15)9-11(14)2/h1,6-7,9,12H,4-5,8,10H2,2H3. The van der Waals surface area contributed by atoms with Gasteiger partial charge in [0, 0.05) is 6.54 Å². The molecule has 0 heterocycles. The molecule has 0 amide bonds. The average Bonchev–Trinajstić information content (AvgIpc) is 3.11. The van der Waals surface area contributed by atoms with Crippen molar-refractivity contribution in [3.8, 4) is 12.3 Å². The predicted octanol–water partition coefficient (Wildman–Crippen LogP) is 2.17. The van der Waals surface area contributed by atoms with Crippen molar-refractivity contribution >= 4 is 10.0 Å². The lowest BCUT2D eigenvalue weighted by Gasteiger charge is -2.20. The van der Waals surface area contributed by atoms with Crippen LogP contribution < -0.4 is 0 Å². The molecule has 0 bridgehead atoms.